The van der Waals surface area contributed by atoms with Crippen LogP contribution in [-0.2, 0) is 9.59 Å². The van der Waals surface area contributed by atoms with E-state index < -0.39 is 11.7 Å². The van der Waals surface area contributed by atoms with Crippen molar-refractivity contribution < 1.29 is 24.3 Å². The van der Waals surface area contributed by atoms with Crippen molar-refractivity contribution in [3.05, 3.63) is 64.4 Å². The first kappa shape index (κ1) is 22.4. The molecule has 0 aromatic heterocycles. The van der Waals surface area contributed by atoms with Crippen molar-refractivity contribution in [1.82, 2.24) is 10.8 Å². The molecule has 0 spiro atoms. The van der Waals surface area contributed by atoms with Gasteiger partial charge in [0.05, 0.1) is 5.02 Å². The molecule has 0 aliphatic heterocycles. The van der Waals surface area contributed by atoms with Crippen molar-refractivity contribution in [3.8, 4) is 5.75 Å². The molecule has 0 saturated carbocycles. The van der Waals surface area contributed by atoms with Gasteiger partial charge in [0, 0.05) is 18.5 Å². The summed E-state index contributed by atoms with van der Waals surface area (Å²) in [7, 11) is 0. The molecule has 6 nitrogen and oxygen atoms in total. The Morgan fingerprint density at radius 3 is 2.45 bits per heavy atom. The second-order valence-corrected chi connectivity index (χ2v) is 6.79. The molecular formula is C21H22ClFN2O4. The first-order valence-electron chi connectivity index (χ1n) is 9.08. The lowest BCUT2D eigenvalue weighted by Crippen LogP contribution is -2.25. The summed E-state index contributed by atoms with van der Waals surface area (Å²) in [5.41, 5.74) is 3.06. The largest absolute Gasteiger partial charge is 0.508 e. The highest BCUT2D eigenvalue weighted by atomic mass is 35.5. The molecule has 0 radical (unpaired) electrons. The number of benzene rings is 2. The highest BCUT2D eigenvalue weighted by Crippen LogP contribution is 2.23. The van der Waals surface area contributed by atoms with Crippen LogP contribution in [0.4, 0.5) is 4.39 Å². The molecule has 0 aliphatic rings. The van der Waals surface area contributed by atoms with E-state index in [1.54, 1.807) is 23.7 Å². The zero-order chi connectivity index (χ0) is 21.2. The molecule has 154 valence electrons. The summed E-state index contributed by atoms with van der Waals surface area (Å²) in [5, 5.41) is 20.7. The van der Waals surface area contributed by atoms with Gasteiger partial charge in [-0.2, -0.15) is 0 Å². The third-order valence-corrected chi connectivity index (χ3v) is 4.46. The number of carbonyl (C=O) groups is 2. The first-order chi connectivity index (χ1) is 13.9. The van der Waals surface area contributed by atoms with Crippen LogP contribution in [0, 0.1) is 5.82 Å². The van der Waals surface area contributed by atoms with Gasteiger partial charge in [-0.25, -0.2) is 9.87 Å². The van der Waals surface area contributed by atoms with E-state index in [1.807, 2.05) is 0 Å². The second-order valence-electron chi connectivity index (χ2n) is 6.38. The molecule has 0 fully saturated rings. The summed E-state index contributed by atoms with van der Waals surface area (Å²) < 4.78 is 13.4. The highest BCUT2D eigenvalue weighted by molar-refractivity contribution is 6.31. The Bertz CT molecular complexity index is 885. The predicted molar refractivity (Wildman–Crippen MR) is 109 cm³/mol. The lowest BCUT2D eigenvalue weighted by molar-refractivity contribution is -0.129. The molecule has 0 saturated heterocycles. The van der Waals surface area contributed by atoms with Gasteiger partial charge in [-0.1, -0.05) is 36.2 Å². The maximum Gasteiger partial charge on any atom is 0.251 e. The van der Waals surface area contributed by atoms with Gasteiger partial charge in [0.15, 0.2) is 0 Å². The Morgan fingerprint density at radius 1 is 1.07 bits per heavy atom. The lowest BCUT2D eigenvalue weighted by atomic mass is 10.0. The minimum Gasteiger partial charge on any atom is -0.508 e. The van der Waals surface area contributed by atoms with Gasteiger partial charge >= 0.3 is 0 Å². The average Bonchev–Trinajstić information content (AvgIpc) is 2.71. The first-order valence-corrected chi connectivity index (χ1v) is 9.46. The van der Waals surface area contributed by atoms with Gasteiger partial charge in [0.1, 0.15) is 11.6 Å². The number of hydrogen-bond acceptors (Lipinski definition) is 4. The van der Waals surface area contributed by atoms with E-state index in [0.717, 1.165) is 0 Å². The van der Waals surface area contributed by atoms with Crippen LogP contribution in [0.25, 0.3) is 11.6 Å². The van der Waals surface area contributed by atoms with Gasteiger partial charge in [-0.05, 0) is 54.3 Å². The molecule has 0 bridgehead atoms. The maximum atomic E-state index is 13.4. The van der Waals surface area contributed by atoms with Crippen LogP contribution in [0.2, 0.25) is 5.02 Å². The number of phenols is 1. The maximum absolute atomic E-state index is 13.4. The van der Waals surface area contributed by atoms with E-state index >= 15 is 0 Å². The topological polar surface area (TPSA) is 98.7 Å². The molecule has 2 aromatic carbocycles. The molecule has 8 heteroatoms. The Labute approximate surface area is 173 Å². The van der Waals surface area contributed by atoms with E-state index in [1.165, 1.54) is 30.3 Å². The van der Waals surface area contributed by atoms with Crippen molar-refractivity contribution >= 4 is 35.1 Å². The fourth-order valence-corrected chi connectivity index (χ4v) is 2.82. The Morgan fingerprint density at radius 2 is 1.79 bits per heavy atom. The van der Waals surface area contributed by atoms with Crippen molar-refractivity contribution in [1.29, 1.82) is 0 Å². The summed E-state index contributed by atoms with van der Waals surface area (Å²) in [4.78, 5) is 23.7. The SMILES string of the molecule is O=C(CCCCCNC(=O)C(=Cc1ccc(F)c(Cl)c1)c1ccc(O)cc1)NO. The molecule has 0 atom stereocenters. The van der Waals surface area contributed by atoms with Crippen molar-refractivity contribution in [3.63, 3.8) is 0 Å². The van der Waals surface area contributed by atoms with E-state index in [2.05, 4.69) is 5.32 Å². The molecule has 2 amide bonds. The normalized spacial score (nSPS) is 11.2. The number of hydrogen-bond donors (Lipinski definition) is 4. The van der Waals surface area contributed by atoms with Crippen LogP contribution >= 0.6 is 11.6 Å². The Balaban J connectivity index is 2.08. The van der Waals surface area contributed by atoms with Gasteiger partial charge in [0.25, 0.3) is 5.91 Å². The molecule has 2 aromatic rings. The predicted octanol–water partition coefficient (Wildman–Crippen LogP) is 3.91. The molecular weight excluding hydrogens is 399 g/mol. The smallest absolute Gasteiger partial charge is 0.251 e. The number of nitrogens with one attached hydrogen (secondary N) is 2. The van der Waals surface area contributed by atoms with Crippen LogP contribution in [0.1, 0.15) is 36.8 Å². The van der Waals surface area contributed by atoms with Crippen LogP contribution in [0.5, 0.6) is 5.75 Å². The quantitative estimate of drug-likeness (QED) is 0.162. The summed E-state index contributed by atoms with van der Waals surface area (Å²) in [6, 6.07) is 10.3. The summed E-state index contributed by atoms with van der Waals surface area (Å²) in [5.74, 6) is -1.24. The summed E-state index contributed by atoms with van der Waals surface area (Å²) in [6.45, 7) is 0.402. The van der Waals surface area contributed by atoms with Crippen molar-refractivity contribution in [2.75, 3.05) is 6.54 Å². The fraction of sp³-hybridized carbons (Fsp3) is 0.238. The van der Waals surface area contributed by atoms with Crippen LogP contribution in [0.3, 0.4) is 0 Å². The zero-order valence-corrected chi connectivity index (χ0v) is 16.4. The molecule has 4 N–H and O–H groups in total. The zero-order valence-electron chi connectivity index (χ0n) is 15.6. The fourth-order valence-electron chi connectivity index (χ4n) is 2.63. The number of phenolic OH excluding ortho intramolecular Hbond substituents is 1. The number of rotatable bonds is 9. The number of hydroxylamine groups is 1. The van der Waals surface area contributed by atoms with Crippen molar-refractivity contribution in [2.45, 2.75) is 25.7 Å². The number of amides is 2. The Hall–Kier alpha value is -2.90. The molecule has 0 aliphatic carbocycles. The second kappa shape index (κ2) is 11.2. The summed E-state index contributed by atoms with van der Waals surface area (Å²) in [6.07, 6.45) is 3.78. The summed E-state index contributed by atoms with van der Waals surface area (Å²) >= 11 is 5.83. The minimum atomic E-state index is -0.547. The molecule has 0 unspecified atom stereocenters. The molecule has 29 heavy (non-hydrogen) atoms. The van der Waals surface area contributed by atoms with E-state index in [9.17, 15) is 19.1 Å². The van der Waals surface area contributed by atoms with Gasteiger partial charge < -0.3 is 10.4 Å². The Kier molecular flexibility index (Phi) is 8.64. The molecule has 0 heterocycles. The van der Waals surface area contributed by atoms with Gasteiger partial charge in [-0.3, -0.25) is 14.8 Å². The number of unbranched alkanes of at least 4 members (excludes halogenated alkanes) is 2. The third kappa shape index (κ3) is 7.21. The van der Waals surface area contributed by atoms with Gasteiger partial charge in [0.2, 0.25) is 5.91 Å². The number of carbonyl (C=O) groups excluding carboxylic acids is 2. The van der Waals surface area contributed by atoms with Crippen LogP contribution in [0.15, 0.2) is 42.5 Å². The lowest BCUT2D eigenvalue weighted by Gasteiger charge is -2.10. The third-order valence-electron chi connectivity index (χ3n) is 4.17. The van der Waals surface area contributed by atoms with Crippen molar-refractivity contribution in [2.24, 2.45) is 0 Å². The van der Waals surface area contributed by atoms with E-state index in [-0.39, 0.29) is 23.1 Å². The van der Waals surface area contributed by atoms with Gasteiger partial charge in [-0.15, -0.1) is 0 Å². The van der Waals surface area contributed by atoms with E-state index in [4.69, 9.17) is 16.8 Å². The standard InChI is InChI=1S/C21H22ClFN2O4/c22-18-13-14(5-10-19(18)23)12-17(15-6-8-16(26)9-7-15)21(28)24-11-3-1-2-4-20(27)25-29/h5-10,12-13,26,29H,1-4,11H2,(H,24,28)(H,25,27). The number of halogens is 2. The molecule has 2 rings (SSSR count). The van der Waals surface area contributed by atoms with Crippen LogP contribution in [-0.4, -0.2) is 28.7 Å². The highest BCUT2D eigenvalue weighted by Gasteiger charge is 2.13. The van der Waals surface area contributed by atoms with Crippen LogP contribution < -0.4 is 10.8 Å². The monoisotopic (exact) mass is 420 g/mol. The number of aromatic hydroxyl groups is 1. The average molecular weight is 421 g/mol. The minimum absolute atomic E-state index is 0.0452. The van der Waals surface area contributed by atoms with E-state index in [0.29, 0.717) is 42.5 Å².